The molecule has 1 fully saturated rings. The molecule has 2 aromatic carbocycles. The second-order valence-corrected chi connectivity index (χ2v) is 8.86. The summed E-state index contributed by atoms with van der Waals surface area (Å²) in [6.45, 7) is 6.86. The smallest absolute Gasteiger partial charge is 0.251 e. The molecule has 0 bridgehead atoms. The van der Waals surface area contributed by atoms with Gasteiger partial charge in [0.05, 0.1) is 18.2 Å². The number of amides is 2. The molecule has 154 valence electrons. The number of carbonyl (C=O) groups excluding carboxylic acids is 2. The van der Waals surface area contributed by atoms with Crippen LogP contribution in [0.25, 0.3) is 10.9 Å². The molecule has 0 saturated carbocycles. The van der Waals surface area contributed by atoms with Crippen LogP contribution in [0.1, 0.15) is 41.8 Å². The first-order chi connectivity index (χ1) is 14.3. The van der Waals surface area contributed by atoms with Gasteiger partial charge in [-0.25, -0.2) is 4.90 Å². The van der Waals surface area contributed by atoms with Crippen molar-refractivity contribution in [3.05, 3.63) is 63.8 Å². The van der Waals surface area contributed by atoms with E-state index in [-0.39, 0.29) is 24.3 Å². The SMILES string of the molecule is Cc1ccc(N2C(=O)CC(N3CCc4c([nH]c5ccc(Cl)cc45)C3C)C2=O)cc1C. The Morgan fingerprint density at radius 2 is 1.87 bits per heavy atom. The van der Waals surface area contributed by atoms with Gasteiger partial charge in [-0.05, 0) is 74.2 Å². The van der Waals surface area contributed by atoms with Gasteiger partial charge in [-0.15, -0.1) is 0 Å². The average Bonchev–Trinajstić information content (AvgIpc) is 3.22. The zero-order chi connectivity index (χ0) is 21.2. The quantitative estimate of drug-likeness (QED) is 0.611. The molecular formula is C24H24ClN3O2. The lowest BCUT2D eigenvalue weighted by Crippen LogP contribution is -2.46. The van der Waals surface area contributed by atoms with Crippen LogP contribution >= 0.6 is 11.6 Å². The van der Waals surface area contributed by atoms with Crippen LogP contribution in [0.4, 0.5) is 5.69 Å². The van der Waals surface area contributed by atoms with Crippen molar-refractivity contribution in [3.8, 4) is 0 Å². The first kappa shape index (κ1) is 19.3. The standard InChI is InChI=1S/C24H24ClN3O2/c1-13-4-6-17(10-14(13)2)28-22(29)12-21(24(28)30)27-9-8-18-19-11-16(25)5-7-20(19)26-23(18)15(27)3/h4-7,10-11,15,21,26H,8-9,12H2,1-3H3. The summed E-state index contributed by atoms with van der Waals surface area (Å²) in [5, 5.41) is 1.87. The van der Waals surface area contributed by atoms with E-state index in [0.717, 1.165) is 45.7 Å². The highest BCUT2D eigenvalue weighted by Crippen LogP contribution is 2.38. The Morgan fingerprint density at radius 3 is 2.63 bits per heavy atom. The number of fused-ring (bicyclic) bond motifs is 3. The molecule has 2 aliphatic rings. The maximum absolute atomic E-state index is 13.3. The monoisotopic (exact) mass is 421 g/mol. The molecule has 2 aliphatic heterocycles. The van der Waals surface area contributed by atoms with E-state index < -0.39 is 6.04 Å². The molecule has 0 spiro atoms. The van der Waals surface area contributed by atoms with Crippen LogP contribution in [-0.4, -0.2) is 34.3 Å². The molecule has 2 unspecified atom stereocenters. The highest BCUT2D eigenvalue weighted by molar-refractivity contribution is 6.31. The minimum absolute atomic E-state index is 0.0152. The van der Waals surface area contributed by atoms with Gasteiger partial charge in [0.2, 0.25) is 5.91 Å². The lowest BCUT2D eigenvalue weighted by molar-refractivity contribution is -0.123. The number of aryl methyl sites for hydroxylation is 2. The Hall–Kier alpha value is -2.63. The molecule has 1 saturated heterocycles. The number of nitrogens with zero attached hydrogens (tertiary/aromatic N) is 2. The average molecular weight is 422 g/mol. The van der Waals surface area contributed by atoms with Crippen molar-refractivity contribution in [2.24, 2.45) is 0 Å². The predicted molar refractivity (Wildman–Crippen MR) is 119 cm³/mol. The van der Waals surface area contributed by atoms with Crippen molar-refractivity contribution < 1.29 is 9.59 Å². The van der Waals surface area contributed by atoms with E-state index in [1.54, 1.807) is 0 Å². The summed E-state index contributed by atoms with van der Waals surface area (Å²) in [6.07, 6.45) is 1.04. The largest absolute Gasteiger partial charge is 0.357 e. The molecule has 2 atom stereocenters. The van der Waals surface area contributed by atoms with Gasteiger partial charge in [-0.3, -0.25) is 14.5 Å². The number of rotatable bonds is 2. The van der Waals surface area contributed by atoms with Crippen molar-refractivity contribution in [3.63, 3.8) is 0 Å². The first-order valence-corrected chi connectivity index (χ1v) is 10.7. The second-order valence-electron chi connectivity index (χ2n) is 8.43. The highest BCUT2D eigenvalue weighted by Gasteiger charge is 2.45. The minimum Gasteiger partial charge on any atom is -0.357 e. The molecule has 5 rings (SSSR count). The summed E-state index contributed by atoms with van der Waals surface area (Å²) in [5.41, 5.74) is 6.32. The molecule has 0 radical (unpaired) electrons. The maximum Gasteiger partial charge on any atom is 0.251 e. The third kappa shape index (κ3) is 2.88. The highest BCUT2D eigenvalue weighted by atomic mass is 35.5. The summed E-state index contributed by atoms with van der Waals surface area (Å²) in [5.74, 6) is -0.257. The third-order valence-corrected chi connectivity index (χ3v) is 6.94. The van der Waals surface area contributed by atoms with Crippen LogP contribution in [0, 0.1) is 13.8 Å². The van der Waals surface area contributed by atoms with Crippen molar-refractivity contribution in [2.75, 3.05) is 11.4 Å². The van der Waals surface area contributed by atoms with Crippen LogP contribution < -0.4 is 4.90 Å². The van der Waals surface area contributed by atoms with Gasteiger partial charge in [0, 0.05) is 34.2 Å². The number of nitrogens with one attached hydrogen (secondary N) is 1. The summed E-state index contributed by atoms with van der Waals surface area (Å²) < 4.78 is 0. The molecule has 1 aromatic heterocycles. The first-order valence-electron chi connectivity index (χ1n) is 10.3. The molecule has 0 aliphatic carbocycles. The van der Waals surface area contributed by atoms with Gasteiger partial charge in [0.15, 0.2) is 0 Å². The molecule has 6 heteroatoms. The fourth-order valence-electron chi connectivity index (χ4n) is 4.90. The Balaban J connectivity index is 1.46. The number of hydrogen-bond donors (Lipinski definition) is 1. The normalized spacial score (nSPS) is 22.2. The van der Waals surface area contributed by atoms with Gasteiger partial charge in [0.25, 0.3) is 5.91 Å². The Kier molecular flexibility index (Phi) is 4.49. The van der Waals surface area contributed by atoms with E-state index in [4.69, 9.17) is 11.6 Å². The number of aromatic amines is 1. The van der Waals surface area contributed by atoms with Crippen LogP contribution in [0.15, 0.2) is 36.4 Å². The van der Waals surface area contributed by atoms with Gasteiger partial charge in [-0.1, -0.05) is 17.7 Å². The van der Waals surface area contributed by atoms with Crippen LogP contribution in [-0.2, 0) is 16.0 Å². The van der Waals surface area contributed by atoms with E-state index >= 15 is 0 Å². The molecule has 5 nitrogen and oxygen atoms in total. The lowest BCUT2D eigenvalue weighted by atomic mass is 9.96. The summed E-state index contributed by atoms with van der Waals surface area (Å²) in [7, 11) is 0. The number of halogens is 1. The number of imide groups is 1. The van der Waals surface area contributed by atoms with E-state index in [1.165, 1.54) is 10.5 Å². The Bertz CT molecular complexity index is 1200. The van der Waals surface area contributed by atoms with Crippen molar-refractivity contribution >= 4 is 40.0 Å². The van der Waals surface area contributed by atoms with E-state index in [2.05, 4.69) is 16.8 Å². The fourth-order valence-corrected chi connectivity index (χ4v) is 5.08. The number of anilines is 1. The zero-order valence-electron chi connectivity index (χ0n) is 17.3. The molecule has 2 amide bonds. The number of carbonyl (C=O) groups is 2. The minimum atomic E-state index is -0.433. The zero-order valence-corrected chi connectivity index (χ0v) is 18.1. The number of benzene rings is 2. The molecule has 30 heavy (non-hydrogen) atoms. The second kappa shape index (κ2) is 6.96. The number of hydrogen-bond acceptors (Lipinski definition) is 3. The maximum atomic E-state index is 13.3. The van der Waals surface area contributed by atoms with Crippen molar-refractivity contribution in [1.82, 2.24) is 9.88 Å². The Morgan fingerprint density at radius 1 is 1.07 bits per heavy atom. The van der Waals surface area contributed by atoms with Crippen molar-refractivity contribution in [2.45, 2.75) is 45.7 Å². The van der Waals surface area contributed by atoms with E-state index in [1.807, 2.05) is 50.2 Å². The summed E-state index contributed by atoms with van der Waals surface area (Å²) >= 11 is 6.21. The van der Waals surface area contributed by atoms with Gasteiger partial charge in [0.1, 0.15) is 0 Å². The molecule has 3 aromatic rings. The van der Waals surface area contributed by atoms with E-state index in [9.17, 15) is 9.59 Å². The lowest BCUT2D eigenvalue weighted by Gasteiger charge is -2.36. The number of aromatic nitrogens is 1. The van der Waals surface area contributed by atoms with Gasteiger partial charge in [-0.2, -0.15) is 0 Å². The number of H-pyrrole nitrogens is 1. The van der Waals surface area contributed by atoms with Crippen LogP contribution in [0.5, 0.6) is 0 Å². The third-order valence-electron chi connectivity index (χ3n) is 6.71. The molecule has 3 heterocycles. The van der Waals surface area contributed by atoms with Gasteiger partial charge < -0.3 is 4.98 Å². The van der Waals surface area contributed by atoms with E-state index in [0.29, 0.717) is 5.69 Å². The van der Waals surface area contributed by atoms with Crippen molar-refractivity contribution in [1.29, 1.82) is 0 Å². The predicted octanol–water partition coefficient (Wildman–Crippen LogP) is 4.69. The summed E-state index contributed by atoms with van der Waals surface area (Å²) in [6, 6.07) is 11.2. The van der Waals surface area contributed by atoms with Crippen LogP contribution in [0.2, 0.25) is 5.02 Å². The van der Waals surface area contributed by atoms with Crippen LogP contribution in [0.3, 0.4) is 0 Å². The molecular weight excluding hydrogens is 398 g/mol. The molecule has 1 N–H and O–H groups in total. The Labute approximate surface area is 180 Å². The summed E-state index contributed by atoms with van der Waals surface area (Å²) in [4.78, 5) is 33.2. The topological polar surface area (TPSA) is 56.4 Å². The van der Waals surface area contributed by atoms with Gasteiger partial charge >= 0.3 is 0 Å². The fraction of sp³-hybridized carbons (Fsp3) is 0.333.